The Kier molecular flexibility index (Phi) is 11.2. The lowest BCUT2D eigenvalue weighted by Crippen LogP contribution is -2.47. The van der Waals surface area contributed by atoms with E-state index >= 15 is 0 Å². The molecule has 134 valence electrons. The summed E-state index contributed by atoms with van der Waals surface area (Å²) < 4.78 is 28.7. The van der Waals surface area contributed by atoms with Gasteiger partial charge in [0.15, 0.2) is 0 Å². The van der Waals surface area contributed by atoms with E-state index in [1.165, 1.54) is 0 Å². The fourth-order valence-electron chi connectivity index (χ4n) is 2.89. The summed E-state index contributed by atoms with van der Waals surface area (Å²) in [6.07, 6.45) is 2.99. The zero-order chi connectivity index (χ0) is 14.4. The molecule has 2 aliphatic rings. The Morgan fingerprint density at radius 1 is 1.18 bits per heavy atom. The van der Waals surface area contributed by atoms with Crippen molar-refractivity contribution in [1.29, 1.82) is 0 Å². The Morgan fingerprint density at radius 2 is 1.86 bits per heavy atom. The average Bonchev–Trinajstić information content (AvgIpc) is 2.45. The van der Waals surface area contributed by atoms with Gasteiger partial charge in [0.2, 0.25) is 0 Å². The van der Waals surface area contributed by atoms with Gasteiger partial charge in [0.25, 0.3) is 10.2 Å². The van der Waals surface area contributed by atoms with Gasteiger partial charge < -0.3 is 10.2 Å². The number of hydrogen-bond donors (Lipinski definition) is 2. The van der Waals surface area contributed by atoms with Crippen LogP contribution in [0.3, 0.4) is 0 Å². The summed E-state index contributed by atoms with van der Waals surface area (Å²) in [5.41, 5.74) is 0. The first-order valence-electron chi connectivity index (χ1n) is 7.76. The second-order valence-corrected chi connectivity index (χ2v) is 7.71. The Labute approximate surface area is 147 Å². The molecule has 0 bridgehead atoms. The highest BCUT2D eigenvalue weighted by Crippen LogP contribution is 2.17. The Balaban J connectivity index is 0.00000220. The van der Waals surface area contributed by atoms with Gasteiger partial charge in [0.05, 0.1) is 0 Å². The normalized spacial score (nSPS) is 24.3. The Morgan fingerprint density at radius 3 is 2.50 bits per heavy atom. The van der Waals surface area contributed by atoms with Gasteiger partial charge >= 0.3 is 0 Å². The predicted octanol–water partition coefficient (Wildman–Crippen LogP) is 0.692. The SMILES string of the molecule is CC1CCCN(S(=O)(=O)NCCCN2CCNCC2)C1.Cl.Cl. The topological polar surface area (TPSA) is 64.7 Å². The molecule has 0 aromatic heterocycles. The van der Waals surface area contributed by atoms with Crippen molar-refractivity contribution in [1.82, 2.24) is 19.2 Å². The lowest BCUT2D eigenvalue weighted by molar-refractivity contribution is 0.238. The van der Waals surface area contributed by atoms with Gasteiger partial charge in [-0.3, -0.25) is 0 Å². The quantitative estimate of drug-likeness (QED) is 0.669. The number of nitrogens with zero attached hydrogens (tertiary/aromatic N) is 2. The highest BCUT2D eigenvalue weighted by Gasteiger charge is 2.26. The molecular formula is C13H30Cl2N4O2S. The van der Waals surface area contributed by atoms with Gasteiger partial charge in [-0.05, 0) is 31.7 Å². The van der Waals surface area contributed by atoms with E-state index in [0.29, 0.717) is 25.6 Å². The average molecular weight is 377 g/mol. The molecule has 0 amide bonds. The third-order valence-corrected chi connectivity index (χ3v) is 5.69. The van der Waals surface area contributed by atoms with Gasteiger partial charge in [0.1, 0.15) is 0 Å². The van der Waals surface area contributed by atoms with Crippen molar-refractivity contribution < 1.29 is 8.42 Å². The first kappa shape index (κ1) is 22.4. The number of hydrogen-bond acceptors (Lipinski definition) is 4. The van der Waals surface area contributed by atoms with Gasteiger partial charge in [-0.2, -0.15) is 12.7 Å². The van der Waals surface area contributed by atoms with Gasteiger partial charge in [-0.15, -0.1) is 24.8 Å². The number of rotatable bonds is 6. The van der Waals surface area contributed by atoms with Crippen LogP contribution >= 0.6 is 24.8 Å². The third-order valence-electron chi connectivity index (χ3n) is 4.10. The maximum atomic E-state index is 12.2. The maximum Gasteiger partial charge on any atom is 0.279 e. The second kappa shape index (κ2) is 11.0. The van der Waals surface area contributed by atoms with E-state index < -0.39 is 10.2 Å². The van der Waals surface area contributed by atoms with E-state index in [-0.39, 0.29) is 24.8 Å². The van der Waals surface area contributed by atoms with Gasteiger partial charge in [0, 0.05) is 45.8 Å². The van der Waals surface area contributed by atoms with E-state index in [4.69, 9.17) is 0 Å². The van der Waals surface area contributed by atoms with Crippen LogP contribution < -0.4 is 10.0 Å². The predicted molar refractivity (Wildman–Crippen MR) is 95.3 cm³/mol. The molecule has 0 aromatic rings. The molecule has 0 aliphatic carbocycles. The minimum absolute atomic E-state index is 0. The van der Waals surface area contributed by atoms with Crippen LogP contribution in [0.25, 0.3) is 0 Å². The summed E-state index contributed by atoms with van der Waals surface area (Å²) in [5.74, 6) is 0.473. The molecule has 2 rings (SSSR count). The van der Waals surface area contributed by atoms with Gasteiger partial charge in [-0.25, -0.2) is 4.72 Å². The van der Waals surface area contributed by atoms with Crippen LogP contribution in [0.1, 0.15) is 26.2 Å². The number of piperazine rings is 1. The maximum absolute atomic E-state index is 12.2. The van der Waals surface area contributed by atoms with Crippen LogP contribution in [0.4, 0.5) is 0 Å². The number of nitrogens with one attached hydrogen (secondary N) is 2. The first-order chi connectivity index (χ1) is 9.58. The highest BCUT2D eigenvalue weighted by atomic mass is 35.5. The van der Waals surface area contributed by atoms with Crippen LogP contribution in [-0.2, 0) is 10.2 Å². The molecule has 22 heavy (non-hydrogen) atoms. The lowest BCUT2D eigenvalue weighted by Gasteiger charge is -2.30. The smallest absolute Gasteiger partial charge is 0.279 e. The van der Waals surface area contributed by atoms with E-state index in [9.17, 15) is 8.42 Å². The molecule has 1 atom stereocenters. The highest BCUT2D eigenvalue weighted by molar-refractivity contribution is 7.87. The molecule has 0 radical (unpaired) electrons. The van der Waals surface area contributed by atoms with Crippen molar-refractivity contribution in [3.63, 3.8) is 0 Å². The summed E-state index contributed by atoms with van der Waals surface area (Å²) in [4.78, 5) is 2.38. The second-order valence-electron chi connectivity index (χ2n) is 5.95. The van der Waals surface area contributed by atoms with Crippen molar-refractivity contribution in [2.45, 2.75) is 26.2 Å². The summed E-state index contributed by atoms with van der Waals surface area (Å²) >= 11 is 0. The monoisotopic (exact) mass is 376 g/mol. The molecule has 6 nitrogen and oxygen atoms in total. The summed E-state index contributed by atoms with van der Waals surface area (Å²) in [5, 5.41) is 3.32. The van der Waals surface area contributed by atoms with Crippen LogP contribution in [0.15, 0.2) is 0 Å². The van der Waals surface area contributed by atoms with Crippen LogP contribution in [0.2, 0.25) is 0 Å². The zero-order valence-electron chi connectivity index (χ0n) is 13.3. The van der Waals surface area contributed by atoms with Crippen LogP contribution in [-0.4, -0.2) is 70.0 Å². The largest absolute Gasteiger partial charge is 0.314 e. The van der Waals surface area contributed by atoms with Crippen LogP contribution in [0, 0.1) is 5.92 Å². The molecule has 0 aromatic carbocycles. The molecule has 2 saturated heterocycles. The Hall–Kier alpha value is 0.370. The van der Waals surface area contributed by atoms with Crippen molar-refractivity contribution in [3.8, 4) is 0 Å². The van der Waals surface area contributed by atoms with Crippen molar-refractivity contribution in [3.05, 3.63) is 0 Å². The molecule has 2 fully saturated rings. The summed E-state index contributed by atoms with van der Waals surface area (Å²) in [7, 11) is -3.27. The standard InChI is InChI=1S/C13H28N4O2S.2ClH/c1-13-4-2-9-17(12-13)20(18,19)15-5-3-8-16-10-6-14-7-11-16;;/h13-15H,2-12H2,1H3;2*1H. The molecular weight excluding hydrogens is 347 g/mol. The van der Waals surface area contributed by atoms with E-state index in [1.807, 2.05) is 0 Å². The van der Waals surface area contributed by atoms with E-state index in [1.54, 1.807) is 4.31 Å². The fraction of sp³-hybridized carbons (Fsp3) is 1.00. The molecule has 2 N–H and O–H groups in total. The molecule has 2 aliphatic heterocycles. The molecule has 2 heterocycles. The molecule has 0 saturated carbocycles. The minimum atomic E-state index is -3.27. The number of halogens is 2. The first-order valence-corrected chi connectivity index (χ1v) is 9.20. The summed E-state index contributed by atoms with van der Waals surface area (Å²) in [6.45, 7) is 9.16. The van der Waals surface area contributed by atoms with Crippen molar-refractivity contribution in [2.24, 2.45) is 5.92 Å². The molecule has 9 heteroatoms. The Bertz CT molecular complexity index is 392. The third kappa shape index (κ3) is 7.29. The van der Waals surface area contributed by atoms with Crippen LogP contribution in [0.5, 0.6) is 0 Å². The molecule has 0 spiro atoms. The zero-order valence-corrected chi connectivity index (χ0v) is 15.7. The van der Waals surface area contributed by atoms with E-state index in [2.05, 4.69) is 21.9 Å². The minimum Gasteiger partial charge on any atom is -0.314 e. The molecule has 1 unspecified atom stereocenters. The fourth-order valence-corrected chi connectivity index (χ4v) is 4.30. The van der Waals surface area contributed by atoms with Gasteiger partial charge in [-0.1, -0.05) is 6.92 Å². The lowest BCUT2D eigenvalue weighted by atomic mass is 10.0. The van der Waals surface area contributed by atoms with E-state index in [0.717, 1.165) is 52.0 Å². The number of piperidine rings is 1. The van der Waals surface area contributed by atoms with Crippen molar-refractivity contribution >= 4 is 35.0 Å². The van der Waals surface area contributed by atoms with Crippen molar-refractivity contribution in [2.75, 3.05) is 52.4 Å². The summed E-state index contributed by atoms with van der Waals surface area (Å²) in [6, 6.07) is 0.